The maximum absolute atomic E-state index is 12.6. The zero-order valence-corrected chi connectivity index (χ0v) is 17.6. The van der Waals surface area contributed by atoms with E-state index in [1.165, 1.54) is 21.8 Å². The van der Waals surface area contributed by atoms with Crippen LogP contribution in [0.3, 0.4) is 0 Å². The fourth-order valence-corrected chi connectivity index (χ4v) is 4.36. The van der Waals surface area contributed by atoms with Gasteiger partial charge in [-0.1, -0.05) is 19.1 Å². The summed E-state index contributed by atoms with van der Waals surface area (Å²) in [5.74, 6) is 1.01. The second kappa shape index (κ2) is 9.52. The number of rotatable bonds is 5. The van der Waals surface area contributed by atoms with Gasteiger partial charge in [0.1, 0.15) is 26.2 Å². The first kappa shape index (κ1) is 20.8. The maximum Gasteiger partial charge on any atom is 0.279 e. The van der Waals surface area contributed by atoms with Crippen molar-refractivity contribution in [1.82, 2.24) is 4.90 Å². The summed E-state index contributed by atoms with van der Waals surface area (Å²) in [6.45, 7) is 13.1. The molecule has 3 rings (SSSR count). The Morgan fingerprint density at radius 1 is 1.11 bits per heavy atom. The van der Waals surface area contributed by atoms with Crippen molar-refractivity contribution in [3.05, 3.63) is 29.3 Å². The van der Waals surface area contributed by atoms with Crippen LogP contribution in [-0.2, 0) is 9.59 Å². The Morgan fingerprint density at radius 2 is 1.79 bits per heavy atom. The first-order valence-electron chi connectivity index (χ1n) is 10.7. The van der Waals surface area contributed by atoms with Crippen LogP contribution in [-0.4, -0.2) is 69.1 Å². The number of carbonyl (C=O) groups is 2. The molecule has 2 aliphatic heterocycles. The van der Waals surface area contributed by atoms with E-state index in [1.807, 2.05) is 19.1 Å². The monoisotopic (exact) mass is 388 g/mol. The first-order chi connectivity index (χ1) is 13.4. The highest BCUT2D eigenvalue weighted by Crippen LogP contribution is 2.17. The van der Waals surface area contributed by atoms with Crippen molar-refractivity contribution in [2.45, 2.75) is 33.6 Å². The van der Waals surface area contributed by atoms with E-state index in [0.717, 1.165) is 56.9 Å². The molecule has 1 atom stereocenters. The van der Waals surface area contributed by atoms with Gasteiger partial charge in [0.2, 0.25) is 0 Å². The molecule has 0 saturated carbocycles. The van der Waals surface area contributed by atoms with E-state index >= 15 is 0 Å². The van der Waals surface area contributed by atoms with Gasteiger partial charge >= 0.3 is 0 Å². The first-order valence-corrected chi connectivity index (χ1v) is 10.7. The number of piperidine rings is 1. The van der Waals surface area contributed by atoms with Crippen LogP contribution in [0.25, 0.3) is 0 Å². The van der Waals surface area contributed by atoms with Crippen LogP contribution in [0.1, 0.15) is 30.9 Å². The summed E-state index contributed by atoms with van der Waals surface area (Å²) in [7, 11) is 0. The summed E-state index contributed by atoms with van der Waals surface area (Å²) < 4.78 is 0. The second-order valence-corrected chi connectivity index (χ2v) is 8.74. The summed E-state index contributed by atoms with van der Waals surface area (Å²) in [5.41, 5.74) is 3.23. The molecule has 1 aromatic carbocycles. The Balaban J connectivity index is 1.40. The molecule has 2 aliphatic rings. The Bertz CT molecular complexity index is 698. The number of piperazine rings is 1. The van der Waals surface area contributed by atoms with E-state index < -0.39 is 0 Å². The summed E-state index contributed by atoms with van der Waals surface area (Å²) in [5, 5.41) is 3.06. The lowest BCUT2D eigenvalue weighted by Crippen LogP contribution is -3.28. The third-order valence-electron chi connectivity index (χ3n) is 6.36. The molecule has 0 spiro atoms. The number of quaternary nitrogens is 2. The number of nitrogens with one attached hydrogen (secondary N) is 3. The van der Waals surface area contributed by atoms with Crippen molar-refractivity contribution in [3.8, 4) is 0 Å². The number of carbonyl (C=O) groups excluding carboxylic acids is 2. The molecule has 28 heavy (non-hydrogen) atoms. The lowest BCUT2D eigenvalue weighted by molar-refractivity contribution is -1.00. The van der Waals surface area contributed by atoms with Gasteiger partial charge in [0.05, 0.1) is 0 Å². The zero-order chi connectivity index (χ0) is 20.1. The van der Waals surface area contributed by atoms with E-state index in [1.54, 1.807) is 0 Å². The standard InChI is InChI=1S/C22H34N4O2/c1-17-6-5-9-26(14-17)22(28)16-25-12-10-24(11-13-25)15-21(27)23-20-8-4-7-18(2)19(20)3/h4,7-8,17H,5-6,9-16H2,1-3H3,(H,23,27)/p+2/t17-/m0/s1. The number of benzene rings is 1. The van der Waals surface area contributed by atoms with Gasteiger partial charge in [0, 0.05) is 18.8 Å². The van der Waals surface area contributed by atoms with Crippen molar-refractivity contribution in [3.63, 3.8) is 0 Å². The molecule has 154 valence electrons. The van der Waals surface area contributed by atoms with E-state index in [-0.39, 0.29) is 5.91 Å². The van der Waals surface area contributed by atoms with Gasteiger partial charge in [0.25, 0.3) is 11.8 Å². The summed E-state index contributed by atoms with van der Waals surface area (Å²) >= 11 is 0. The molecule has 2 fully saturated rings. The van der Waals surface area contributed by atoms with E-state index in [2.05, 4.69) is 30.1 Å². The number of hydrogen-bond acceptors (Lipinski definition) is 2. The van der Waals surface area contributed by atoms with Crippen LogP contribution in [0, 0.1) is 19.8 Å². The molecule has 0 aliphatic carbocycles. The lowest BCUT2D eigenvalue weighted by Gasteiger charge is -2.33. The molecule has 2 heterocycles. The number of amides is 2. The smallest absolute Gasteiger partial charge is 0.279 e. The Hall–Kier alpha value is -1.92. The minimum atomic E-state index is 0.0746. The number of anilines is 1. The number of hydrogen-bond donors (Lipinski definition) is 3. The topological polar surface area (TPSA) is 58.3 Å². The third kappa shape index (κ3) is 5.55. The Morgan fingerprint density at radius 3 is 2.46 bits per heavy atom. The van der Waals surface area contributed by atoms with Crippen LogP contribution in [0.2, 0.25) is 0 Å². The van der Waals surface area contributed by atoms with Crippen LogP contribution >= 0.6 is 0 Å². The molecule has 0 radical (unpaired) electrons. The van der Waals surface area contributed by atoms with Gasteiger partial charge in [-0.2, -0.15) is 0 Å². The molecule has 2 amide bonds. The Kier molecular flexibility index (Phi) is 7.08. The average Bonchev–Trinajstić information content (AvgIpc) is 2.67. The fraction of sp³-hybridized carbons (Fsp3) is 0.636. The molecule has 0 aromatic heterocycles. The predicted molar refractivity (Wildman–Crippen MR) is 111 cm³/mol. The molecular formula is C22H36N4O2+2. The predicted octanol–water partition coefficient (Wildman–Crippen LogP) is -0.716. The molecule has 6 heteroatoms. The minimum absolute atomic E-state index is 0.0746. The summed E-state index contributed by atoms with van der Waals surface area (Å²) in [4.78, 5) is 29.7. The summed E-state index contributed by atoms with van der Waals surface area (Å²) in [6.07, 6.45) is 2.37. The van der Waals surface area contributed by atoms with E-state index in [9.17, 15) is 9.59 Å². The molecule has 0 unspecified atom stereocenters. The number of likely N-dealkylation sites (tertiary alicyclic amines) is 1. The normalized spacial score (nSPS) is 25.4. The van der Waals surface area contributed by atoms with E-state index in [0.29, 0.717) is 24.9 Å². The van der Waals surface area contributed by atoms with Crippen LogP contribution in [0.15, 0.2) is 18.2 Å². The van der Waals surface area contributed by atoms with E-state index in [4.69, 9.17) is 0 Å². The SMILES string of the molecule is Cc1cccc(NC(=O)C[NH+]2CC[NH+](CC(=O)N3CCC[C@H](C)C3)CC2)c1C. The van der Waals surface area contributed by atoms with Crippen molar-refractivity contribution in [2.24, 2.45) is 5.92 Å². The quantitative estimate of drug-likeness (QED) is 0.624. The van der Waals surface area contributed by atoms with Crippen molar-refractivity contribution in [2.75, 3.05) is 57.7 Å². The minimum Gasteiger partial charge on any atom is -0.338 e. The number of aryl methyl sites for hydroxylation is 1. The number of nitrogens with zero attached hydrogens (tertiary/aromatic N) is 1. The molecule has 0 bridgehead atoms. The zero-order valence-electron chi connectivity index (χ0n) is 17.6. The van der Waals surface area contributed by atoms with Crippen LogP contribution in [0.4, 0.5) is 5.69 Å². The van der Waals surface area contributed by atoms with Crippen molar-refractivity contribution >= 4 is 17.5 Å². The van der Waals surface area contributed by atoms with Crippen LogP contribution < -0.4 is 15.1 Å². The van der Waals surface area contributed by atoms with Gasteiger partial charge in [-0.3, -0.25) is 9.59 Å². The largest absolute Gasteiger partial charge is 0.338 e. The third-order valence-corrected chi connectivity index (χ3v) is 6.36. The van der Waals surface area contributed by atoms with Gasteiger partial charge in [-0.15, -0.1) is 0 Å². The van der Waals surface area contributed by atoms with Crippen molar-refractivity contribution < 1.29 is 19.4 Å². The molecule has 6 nitrogen and oxygen atoms in total. The molecule has 1 aromatic rings. The van der Waals surface area contributed by atoms with Crippen LogP contribution in [0.5, 0.6) is 0 Å². The summed E-state index contributed by atoms with van der Waals surface area (Å²) in [6, 6.07) is 6.00. The Labute approximate surface area is 168 Å². The van der Waals surface area contributed by atoms with Gasteiger partial charge in [-0.05, 0) is 49.8 Å². The molecule has 3 N–H and O–H groups in total. The van der Waals surface area contributed by atoms with Gasteiger partial charge in [-0.25, -0.2) is 0 Å². The average molecular weight is 389 g/mol. The highest BCUT2D eigenvalue weighted by atomic mass is 16.2. The van der Waals surface area contributed by atoms with Crippen molar-refractivity contribution in [1.29, 1.82) is 0 Å². The highest BCUT2D eigenvalue weighted by Gasteiger charge is 2.29. The lowest BCUT2D eigenvalue weighted by atomic mass is 10.0. The second-order valence-electron chi connectivity index (χ2n) is 8.74. The fourth-order valence-electron chi connectivity index (χ4n) is 4.36. The van der Waals surface area contributed by atoms with Gasteiger partial charge in [0.15, 0.2) is 13.1 Å². The van der Waals surface area contributed by atoms with Gasteiger partial charge < -0.3 is 20.0 Å². The maximum atomic E-state index is 12.6. The molecular weight excluding hydrogens is 352 g/mol. The highest BCUT2D eigenvalue weighted by molar-refractivity contribution is 5.92. The molecule has 2 saturated heterocycles.